The Hall–Kier alpha value is -1.39. The van der Waals surface area contributed by atoms with E-state index in [1.165, 1.54) is 5.56 Å². The summed E-state index contributed by atoms with van der Waals surface area (Å²) in [6.45, 7) is 0.644. The van der Waals surface area contributed by atoms with Gasteiger partial charge in [-0.2, -0.15) is 0 Å². The SMILES string of the molecule is NCCc1ccc2ncc([B]O)cc2c1. The van der Waals surface area contributed by atoms with Crippen molar-refractivity contribution in [2.45, 2.75) is 6.42 Å². The van der Waals surface area contributed by atoms with Crippen molar-refractivity contribution in [1.82, 2.24) is 4.98 Å². The van der Waals surface area contributed by atoms with Crippen molar-refractivity contribution in [2.24, 2.45) is 5.73 Å². The average Bonchev–Trinajstić information content (AvgIpc) is 2.28. The fourth-order valence-corrected chi connectivity index (χ4v) is 1.59. The molecule has 0 atom stereocenters. The molecule has 15 heavy (non-hydrogen) atoms. The molecule has 1 aromatic heterocycles. The molecule has 3 nitrogen and oxygen atoms in total. The van der Waals surface area contributed by atoms with Crippen molar-refractivity contribution in [3.05, 3.63) is 36.0 Å². The van der Waals surface area contributed by atoms with Gasteiger partial charge in [0, 0.05) is 6.20 Å². The quantitative estimate of drug-likeness (QED) is 0.682. The van der Waals surface area contributed by atoms with E-state index in [0.717, 1.165) is 24.8 Å². The van der Waals surface area contributed by atoms with Gasteiger partial charge in [0.25, 0.3) is 0 Å². The number of rotatable bonds is 3. The molecule has 0 saturated carbocycles. The molecule has 75 valence electrons. The molecular weight excluding hydrogens is 187 g/mol. The van der Waals surface area contributed by atoms with Gasteiger partial charge in [0.15, 0.2) is 0 Å². The van der Waals surface area contributed by atoms with Crippen molar-refractivity contribution in [2.75, 3.05) is 6.54 Å². The van der Waals surface area contributed by atoms with Crippen LogP contribution in [0.15, 0.2) is 30.5 Å². The molecule has 0 unspecified atom stereocenters. The van der Waals surface area contributed by atoms with Gasteiger partial charge >= 0.3 is 7.48 Å². The molecular formula is C11H12BN2O. The van der Waals surface area contributed by atoms with Crippen molar-refractivity contribution < 1.29 is 5.02 Å². The monoisotopic (exact) mass is 199 g/mol. The lowest BCUT2D eigenvalue weighted by Gasteiger charge is -2.03. The highest BCUT2D eigenvalue weighted by atomic mass is 16.2. The highest BCUT2D eigenvalue weighted by Crippen LogP contribution is 2.12. The van der Waals surface area contributed by atoms with Gasteiger partial charge in [0.2, 0.25) is 0 Å². The Balaban J connectivity index is 2.48. The molecule has 2 aromatic rings. The standard InChI is InChI=1S/C11H12BN2O/c13-4-3-8-1-2-11-9(5-8)6-10(12-15)7-14-11/h1-2,5-7,15H,3-4,13H2. The number of aromatic nitrogens is 1. The zero-order chi connectivity index (χ0) is 10.7. The zero-order valence-corrected chi connectivity index (χ0v) is 8.35. The number of hydrogen-bond acceptors (Lipinski definition) is 3. The van der Waals surface area contributed by atoms with Gasteiger partial charge in [-0.25, -0.2) is 0 Å². The maximum Gasteiger partial charge on any atom is 0.328 e. The van der Waals surface area contributed by atoms with Gasteiger partial charge in [-0.15, -0.1) is 0 Å². The Bertz CT molecular complexity index is 473. The van der Waals surface area contributed by atoms with Gasteiger partial charge in [0.1, 0.15) is 0 Å². The van der Waals surface area contributed by atoms with E-state index in [4.69, 9.17) is 10.8 Å². The molecule has 1 heterocycles. The Morgan fingerprint density at radius 1 is 1.33 bits per heavy atom. The third-order valence-corrected chi connectivity index (χ3v) is 2.35. The fraction of sp³-hybridized carbons (Fsp3) is 0.182. The summed E-state index contributed by atoms with van der Waals surface area (Å²) in [5.41, 5.74) is 8.34. The lowest BCUT2D eigenvalue weighted by Crippen LogP contribution is -2.13. The van der Waals surface area contributed by atoms with E-state index in [-0.39, 0.29) is 0 Å². The van der Waals surface area contributed by atoms with Crippen LogP contribution in [0, 0.1) is 0 Å². The molecule has 3 N–H and O–H groups in total. The van der Waals surface area contributed by atoms with Crippen molar-refractivity contribution in [3.63, 3.8) is 0 Å². The Labute approximate surface area is 89.2 Å². The number of hydrogen-bond donors (Lipinski definition) is 2. The molecule has 0 aliphatic carbocycles. The molecule has 2 rings (SSSR count). The molecule has 0 aliphatic heterocycles. The van der Waals surface area contributed by atoms with E-state index in [1.807, 2.05) is 18.2 Å². The summed E-state index contributed by atoms with van der Waals surface area (Å²) < 4.78 is 0. The van der Waals surface area contributed by atoms with Crippen molar-refractivity contribution in [3.8, 4) is 0 Å². The first-order valence-corrected chi connectivity index (χ1v) is 4.89. The van der Waals surface area contributed by atoms with Crippen LogP contribution >= 0.6 is 0 Å². The summed E-state index contributed by atoms with van der Waals surface area (Å²) in [6.07, 6.45) is 2.51. The minimum atomic E-state index is 0.644. The van der Waals surface area contributed by atoms with Gasteiger partial charge in [-0.3, -0.25) is 4.98 Å². The van der Waals surface area contributed by atoms with Crippen LogP contribution in [0.3, 0.4) is 0 Å². The van der Waals surface area contributed by atoms with Gasteiger partial charge in [-0.05, 0) is 41.5 Å². The van der Waals surface area contributed by atoms with Crippen LogP contribution in [0.5, 0.6) is 0 Å². The maximum absolute atomic E-state index is 8.88. The predicted molar refractivity (Wildman–Crippen MR) is 62.1 cm³/mol. The summed E-state index contributed by atoms with van der Waals surface area (Å²) in [5, 5.41) is 9.92. The highest BCUT2D eigenvalue weighted by molar-refractivity contribution is 6.45. The van der Waals surface area contributed by atoms with Crippen LogP contribution in [0.2, 0.25) is 0 Å². The minimum absolute atomic E-state index is 0.644. The lowest BCUT2D eigenvalue weighted by atomic mass is 9.89. The second-order valence-electron chi connectivity index (χ2n) is 3.46. The largest absolute Gasteiger partial charge is 0.450 e. The topological polar surface area (TPSA) is 59.1 Å². The first-order valence-electron chi connectivity index (χ1n) is 4.89. The average molecular weight is 199 g/mol. The molecule has 4 heteroatoms. The Morgan fingerprint density at radius 2 is 2.20 bits per heavy atom. The molecule has 0 amide bonds. The predicted octanol–water partition coefficient (Wildman–Crippen LogP) is -0.0272. The van der Waals surface area contributed by atoms with Crippen LogP contribution in [-0.4, -0.2) is 24.0 Å². The summed E-state index contributed by atoms with van der Waals surface area (Å²) in [7, 11) is 1.06. The van der Waals surface area contributed by atoms with E-state index < -0.39 is 0 Å². The number of nitrogens with two attached hydrogens (primary N) is 1. The highest BCUT2D eigenvalue weighted by Gasteiger charge is 2.00. The lowest BCUT2D eigenvalue weighted by molar-refractivity contribution is 0.615. The Morgan fingerprint density at radius 3 is 2.93 bits per heavy atom. The van der Waals surface area contributed by atoms with Crippen LogP contribution in [-0.2, 0) is 6.42 Å². The van der Waals surface area contributed by atoms with Crippen molar-refractivity contribution >= 4 is 23.8 Å². The van der Waals surface area contributed by atoms with E-state index in [2.05, 4.69) is 11.1 Å². The molecule has 1 aromatic carbocycles. The Kier molecular flexibility index (Phi) is 2.99. The van der Waals surface area contributed by atoms with Crippen LogP contribution in [0.1, 0.15) is 5.56 Å². The van der Waals surface area contributed by atoms with Gasteiger partial charge in [-0.1, -0.05) is 12.1 Å². The molecule has 0 fully saturated rings. The first kappa shape index (κ1) is 10.1. The maximum atomic E-state index is 8.88. The molecule has 0 bridgehead atoms. The smallest absolute Gasteiger partial charge is 0.328 e. The number of fused-ring (bicyclic) bond motifs is 1. The van der Waals surface area contributed by atoms with Crippen LogP contribution in [0.4, 0.5) is 0 Å². The van der Waals surface area contributed by atoms with Crippen LogP contribution in [0.25, 0.3) is 10.9 Å². The van der Waals surface area contributed by atoms with Gasteiger partial charge in [0.05, 0.1) is 5.52 Å². The third-order valence-electron chi connectivity index (χ3n) is 2.35. The van der Waals surface area contributed by atoms with E-state index in [1.54, 1.807) is 6.20 Å². The molecule has 0 aliphatic rings. The van der Waals surface area contributed by atoms with Crippen molar-refractivity contribution in [1.29, 1.82) is 0 Å². The van der Waals surface area contributed by atoms with Crippen LogP contribution < -0.4 is 11.2 Å². The number of nitrogens with zero attached hydrogens (tertiary/aromatic N) is 1. The fourth-order valence-electron chi connectivity index (χ4n) is 1.59. The zero-order valence-electron chi connectivity index (χ0n) is 8.35. The number of pyridine rings is 1. The third kappa shape index (κ3) is 2.17. The first-order chi connectivity index (χ1) is 7.33. The second kappa shape index (κ2) is 4.42. The minimum Gasteiger partial charge on any atom is -0.450 e. The summed E-state index contributed by atoms with van der Waals surface area (Å²) in [4.78, 5) is 4.23. The molecule has 1 radical (unpaired) electrons. The normalized spacial score (nSPS) is 10.5. The van der Waals surface area contributed by atoms with E-state index >= 15 is 0 Å². The van der Waals surface area contributed by atoms with E-state index in [9.17, 15) is 0 Å². The van der Waals surface area contributed by atoms with E-state index in [0.29, 0.717) is 12.0 Å². The molecule has 0 saturated heterocycles. The second-order valence-corrected chi connectivity index (χ2v) is 3.46. The summed E-state index contributed by atoms with van der Waals surface area (Å²) in [5.74, 6) is 0. The molecule has 0 spiro atoms. The number of benzene rings is 1. The van der Waals surface area contributed by atoms with Gasteiger partial charge < -0.3 is 10.8 Å². The summed E-state index contributed by atoms with van der Waals surface area (Å²) in [6, 6.07) is 7.97. The summed E-state index contributed by atoms with van der Waals surface area (Å²) >= 11 is 0.